The van der Waals surface area contributed by atoms with Crippen LogP contribution in [0.2, 0.25) is 0 Å². The van der Waals surface area contributed by atoms with Crippen molar-refractivity contribution in [3.8, 4) is 5.75 Å². The van der Waals surface area contributed by atoms with Gasteiger partial charge in [0.15, 0.2) is 5.75 Å². The van der Waals surface area contributed by atoms with Crippen LogP contribution in [0.4, 0.5) is 5.69 Å². The Hall–Kier alpha value is -1.03. The summed E-state index contributed by atoms with van der Waals surface area (Å²) < 4.78 is 6.94. The Morgan fingerprint density at radius 3 is 2.70 bits per heavy atom. The number of para-hydroxylation sites is 1. The first-order valence-corrected chi connectivity index (χ1v) is 7.87. The van der Waals surface area contributed by atoms with Crippen LogP contribution in [-0.4, -0.2) is 18.1 Å². The summed E-state index contributed by atoms with van der Waals surface area (Å²) in [5.74, 6) is 0.985. The van der Waals surface area contributed by atoms with Crippen molar-refractivity contribution in [3.63, 3.8) is 0 Å². The lowest BCUT2D eigenvalue weighted by molar-refractivity contribution is -0.120. The Bertz CT molecular complexity index is 564. The summed E-state index contributed by atoms with van der Waals surface area (Å²) in [5, 5.41) is 0. The molecule has 1 amide bonds. The highest BCUT2D eigenvalue weighted by molar-refractivity contribution is 9.10. The van der Waals surface area contributed by atoms with Gasteiger partial charge in [-0.2, -0.15) is 0 Å². The summed E-state index contributed by atoms with van der Waals surface area (Å²) in [4.78, 5) is 14.6. The quantitative estimate of drug-likeness (QED) is 0.811. The zero-order valence-corrected chi connectivity index (χ0v) is 13.8. The predicted octanol–water partition coefficient (Wildman–Crippen LogP) is 4.14. The van der Waals surface area contributed by atoms with E-state index in [0.717, 1.165) is 28.8 Å². The average molecular weight is 338 g/mol. The third-order valence-electron chi connectivity index (χ3n) is 4.14. The Labute approximate surface area is 128 Å². The maximum absolute atomic E-state index is 12.7. The first-order valence-electron chi connectivity index (χ1n) is 7.08. The number of carbonyl (C=O) groups is 1. The summed E-state index contributed by atoms with van der Waals surface area (Å²) >= 11 is 3.52. The molecule has 0 aromatic heterocycles. The van der Waals surface area contributed by atoms with E-state index in [1.807, 2.05) is 36.9 Å². The van der Waals surface area contributed by atoms with Crippen LogP contribution < -0.4 is 9.64 Å². The first-order chi connectivity index (χ1) is 9.30. The van der Waals surface area contributed by atoms with Gasteiger partial charge in [0.1, 0.15) is 5.60 Å². The van der Waals surface area contributed by atoms with Crippen molar-refractivity contribution < 1.29 is 9.53 Å². The number of ether oxygens (including phenoxy) is 1. The van der Waals surface area contributed by atoms with Crippen molar-refractivity contribution >= 4 is 27.5 Å². The molecule has 1 heterocycles. The molecular formula is C16H20BrNO2. The van der Waals surface area contributed by atoms with Gasteiger partial charge in [-0.05, 0) is 60.2 Å². The Kier molecular flexibility index (Phi) is 3.12. The topological polar surface area (TPSA) is 29.5 Å². The highest BCUT2D eigenvalue weighted by Gasteiger charge is 2.43. The smallest absolute Gasteiger partial charge is 0.227 e. The van der Waals surface area contributed by atoms with Gasteiger partial charge in [0.25, 0.3) is 0 Å². The minimum absolute atomic E-state index is 0.209. The molecule has 0 unspecified atom stereocenters. The SMILES string of the molecule is CC1(CC(=O)N2CC(C)(C)Oc3c(Br)cccc32)CC1. The molecule has 108 valence electrons. The molecule has 1 aliphatic heterocycles. The van der Waals surface area contributed by atoms with E-state index in [1.54, 1.807) is 0 Å². The van der Waals surface area contributed by atoms with Gasteiger partial charge in [0.2, 0.25) is 5.91 Å². The molecule has 1 saturated carbocycles. The first kappa shape index (κ1) is 13.9. The van der Waals surface area contributed by atoms with Gasteiger partial charge in [0.05, 0.1) is 16.7 Å². The molecule has 1 fully saturated rings. The fourth-order valence-electron chi connectivity index (χ4n) is 2.66. The van der Waals surface area contributed by atoms with Crippen molar-refractivity contribution in [1.29, 1.82) is 0 Å². The molecule has 0 atom stereocenters. The molecule has 1 aliphatic carbocycles. The highest BCUT2D eigenvalue weighted by atomic mass is 79.9. The molecule has 1 aromatic rings. The second kappa shape index (κ2) is 4.48. The zero-order valence-electron chi connectivity index (χ0n) is 12.2. The third kappa shape index (κ3) is 2.58. The van der Waals surface area contributed by atoms with Gasteiger partial charge in [-0.15, -0.1) is 0 Å². The Balaban J connectivity index is 1.94. The molecule has 1 aromatic carbocycles. The van der Waals surface area contributed by atoms with Crippen molar-refractivity contribution in [2.75, 3.05) is 11.4 Å². The van der Waals surface area contributed by atoms with Crippen molar-refractivity contribution in [3.05, 3.63) is 22.7 Å². The fraction of sp³-hybridized carbons (Fsp3) is 0.562. The number of amides is 1. The average Bonchev–Trinajstić information content (AvgIpc) is 3.06. The maximum atomic E-state index is 12.7. The number of hydrogen-bond acceptors (Lipinski definition) is 2. The summed E-state index contributed by atoms with van der Waals surface area (Å²) in [6.45, 7) is 6.84. The monoisotopic (exact) mass is 337 g/mol. The van der Waals surface area contributed by atoms with E-state index in [2.05, 4.69) is 22.9 Å². The predicted molar refractivity (Wildman–Crippen MR) is 83.2 cm³/mol. The highest BCUT2D eigenvalue weighted by Crippen LogP contribution is 2.49. The van der Waals surface area contributed by atoms with Crippen molar-refractivity contribution in [2.45, 2.75) is 45.6 Å². The zero-order chi connectivity index (χ0) is 14.5. The summed E-state index contributed by atoms with van der Waals surface area (Å²) in [6, 6.07) is 5.86. The fourth-order valence-corrected chi connectivity index (χ4v) is 3.10. The number of hydrogen-bond donors (Lipinski definition) is 0. The molecule has 0 radical (unpaired) electrons. The Morgan fingerprint density at radius 1 is 1.35 bits per heavy atom. The van der Waals surface area contributed by atoms with Crippen LogP contribution in [0.25, 0.3) is 0 Å². The van der Waals surface area contributed by atoms with Crippen molar-refractivity contribution in [2.24, 2.45) is 5.41 Å². The summed E-state index contributed by atoms with van der Waals surface area (Å²) in [5.41, 5.74) is 0.746. The van der Waals surface area contributed by atoms with Gasteiger partial charge in [-0.3, -0.25) is 4.79 Å². The number of anilines is 1. The summed E-state index contributed by atoms with van der Waals surface area (Å²) in [6.07, 6.45) is 2.96. The molecule has 0 spiro atoms. The van der Waals surface area contributed by atoms with Crippen LogP contribution in [0, 0.1) is 5.41 Å². The molecular weight excluding hydrogens is 318 g/mol. The molecule has 3 nitrogen and oxygen atoms in total. The van der Waals surface area contributed by atoms with Crippen LogP contribution >= 0.6 is 15.9 Å². The van der Waals surface area contributed by atoms with Gasteiger partial charge in [0, 0.05) is 6.42 Å². The molecule has 0 N–H and O–H groups in total. The van der Waals surface area contributed by atoms with E-state index in [1.165, 1.54) is 0 Å². The lowest BCUT2D eigenvalue weighted by Crippen LogP contribution is -2.49. The van der Waals surface area contributed by atoms with Gasteiger partial charge in [-0.25, -0.2) is 0 Å². The van der Waals surface area contributed by atoms with E-state index < -0.39 is 0 Å². The summed E-state index contributed by atoms with van der Waals surface area (Å²) in [7, 11) is 0. The second-order valence-electron chi connectivity index (χ2n) is 6.92. The minimum Gasteiger partial charge on any atom is -0.483 e. The van der Waals surface area contributed by atoms with E-state index >= 15 is 0 Å². The molecule has 0 bridgehead atoms. The maximum Gasteiger partial charge on any atom is 0.227 e. The van der Waals surface area contributed by atoms with E-state index in [9.17, 15) is 4.79 Å². The normalized spacial score (nSPS) is 21.9. The number of nitrogens with zero attached hydrogens (tertiary/aromatic N) is 1. The second-order valence-corrected chi connectivity index (χ2v) is 7.77. The van der Waals surface area contributed by atoms with E-state index in [0.29, 0.717) is 13.0 Å². The number of fused-ring (bicyclic) bond motifs is 1. The third-order valence-corrected chi connectivity index (χ3v) is 4.76. The largest absolute Gasteiger partial charge is 0.483 e. The Morgan fingerprint density at radius 2 is 2.05 bits per heavy atom. The van der Waals surface area contributed by atoms with Crippen molar-refractivity contribution in [1.82, 2.24) is 0 Å². The number of carbonyl (C=O) groups excluding carboxylic acids is 1. The molecule has 20 heavy (non-hydrogen) atoms. The van der Waals surface area contributed by atoms with E-state index in [4.69, 9.17) is 4.74 Å². The van der Waals surface area contributed by atoms with Crippen LogP contribution in [0.15, 0.2) is 22.7 Å². The van der Waals surface area contributed by atoms with Crippen LogP contribution in [0.3, 0.4) is 0 Å². The number of rotatable bonds is 2. The van der Waals surface area contributed by atoms with Crippen LogP contribution in [0.5, 0.6) is 5.75 Å². The van der Waals surface area contributed by atoms with Gasteiger partial charge < -0.3 is 9.64 Å². The molecule has 3 rings (SSSR count). The molecule has 0 saturated heterocycles. The van der Waals surface area contributed by atoms with E-state index in [-0.39, 0.29) is 16.9 Å². The van der Waals surface area contributed by atoms with Crippen LogP contribution in [-0.2, 0) is 4.79 Å². The van der Waals surface area contributed by atoms with Gasteiger partial charge >= 0.3 is 0 Å². The minimum atomic E-state index is -0.364. The molecule has 4 heteroatoms. The number of halogens is 1. The number of benzene rings is 1. The standard InChI is InChI=1S/C16H20BrNO2/c1-15(2)10-18(13(19)9-16(3)7-8-16)12-6-4-5-11(17)14(12)20-15/h4-6H,7-10H2,1-3H3. The van der Waals surface area contributed by atoms with Gasteiger partial charge in [-0.1, -0.05) is 13.0 Å². The van der Waals surface area contributed by atoms with Crippen LogP contribution in [0.1, 0.15) is 40.0 Å². The molecule has 2 aliphatic rings. The lowest BCUT2D eigenvalue weighted by Gasteiger charge is -2.40. The lowest BCUT2D eigenvalue weighted by atomic mass is 10.0.